The molecule has 0 aliphatic carbocycles. The van der Waals surface area contributed by atoms with E-state index in [4.69, 9.17) is 45.7 Å². The summed E-state index contributed by atoms with van der Waals surface area (Å²) in [4.78, 5) is 0. The van der Waals surface area contributed by atoms with Crippen LogP contribution in [0.3, 0.4) is 0 Å². The van der Waals surface area contributed by atoms with Crippen LogP contribution in [0.1, 0.15) is 0 Å². The molecule has 0 saturated carbocycles. The van der Waals surface area contributed by atoms with E-state index in [1.165, 1.54) is 0 Å². The Bertz CT molecular complexity index is 215. The van der Waals surface area contributed by atoms with Crippen molar-refractivity contribution in [1.82, 2.24) is 0 Å². The Labute approximate surface area is 78.5 Å². The average molecular weight is 240 g/mol. The van der Waals surface area contributed by atoms with Gasteiger partial charge < -0.3 is 0 Å². The summed E-state index contributed by atoms with van der Waals surface area (Å²) in [6, 6.07) is 0. The van der Waals surface area contributed by atoms with Crippen LogP contribution in [-0.4, -0.2) is 0 Å². The molecule has 0 amide bonds. The minimum absolute atomic E-state index is 0.00926. The van der Waals surface area contributed by atoms with Crippen LogP contribution in [0.25, 0.3) is 0 Å². The third-order valence-electron chi connectivity index (χ3n) is 0.686. The Morgan fingerprint density at radius 3 is 2.00 bits per heavy atom. The molecule has 0 atom stereocenters. The predicted octanol–water partition coefficient (Wildman–Crippen LogP) is 4.49. The molecule has 58 valence electrons. The quantitative estimate of drug-likeness (QED) is 0.513. The van der Waals surface area contributed by atoms with E-state index < -0.39 is 5.85 Å². The van der Waals surface area contributed by atoms with Crippen LogP contribution in [0.5, 0.6) is 0 Å². The van der Waals surface area contributed by atoms with E-state index in [2.05, 4.69) is 6.58 Å². The molecule has 0 heterocycles. The van der Waals surface area contributed by atoms with Gasteiger partial charge in [-0.05, 0) is 22.5 Å². The Balaban J connectivity index is 4.56. The molecular weight excluding hydrogens is 237 g/mol. The van der Waals surface area contributed by atoms with Gasteiger partial charge in [-0.3, -0.25) is 4.57 Å². The monoisotopic (exact) mass is 238 g/mol. The van der Waals surface area contributed by atoms with Gasteiger partial charge in [-0.1, -0.05) is 29.8 Å². The summed E-state index contributed by atoms with van der Waals surface area (Å²) in [7, 11) is 0. The Morgan fingerprint density at radius 2 is 1.90 bits per heavy atom. The molecule has 0 aliphatic heterocycles. The molecule has 0 aromatic heterocycles. The summed E-state index contributed by atoms with van der Waals surface area (Å²) in [5, 5.41) is -0.0394. The lowest BCUT2D eigenvalue weighted by Gasteiger charge is -2.01. The first-order chi connectivity index (χ1) is 4.39. The fourth-order valence-corrected chi connectivity index (χ4v) is 1.87. The number of halogens is 4. The molecule has 0 aromatic carbocycles. The van der Waals surface area contributed by atoms with Crippen molar-refractivity contribution >= 4 is 51.5 Å². The van der Waals surface area contributed by atoms with E-state index >= 15 is 0 Å². The standard InChI is InChI=1S/C4H3Cl4OP/c1-3(4(6)2-5)10(7,8)9/h2H,1H2/b4-2+. The zero-order valence-electron chi connectivity index (χ0n) is 4.65. The normalized spacial score (nSPS) is 13.4. The second-order valence-electron chi connectivity index (χ2n) is 1.37. The summed E-state index contributed by atoms with van der Waals surface area (Å²) in [5.41, 5.74) is 1.00. The zero-order valence-corrected chi connectivity index (χ0v) is 8.57. The molecule has 0 rings (SSSR count). The molecule has 10 heavy (non-hydrogen) atoms. The van der Waals surface area contributed by atoms with Crippen molar-refractivity contribution in [3.63, 3.8) is 0 Å². The van der Waals surface area contributed by atoms with Gasteiger partial charge in [0.2, 0.25) is 0 Å². The highest BCUT2D eigenvalue weighted by atomic mass is 35.9. The molecule has 0 fully saturated rings. The number of hydrogen-bond acceptors (Lipinski definition) is 1. The summed E-state index contributed by atoms with van der Waals surface area (Å²) >= 11 is 20.9. The van der Waals surface area contributed by atoms with Crippen molar-refractivity contribution in [1.29, 1.82) is 0 Å². The van der Waals surface area contributed by atoms with E-state index in [9.17, 15) is 4.57 Å². The van der Waals surface area contributed by atoms with Gasteiger partial charge in [-0.25, -0.2) is 0 Å². The lowest BCUT2D eigenvalue weighted by atomic mass is 10.6. The van der Waals surface area contributed by atoms with Crippen LogP contribution in [0, 0.1) is 0 Å². The van der Waals surface area contributed by atoms with Crippen molar-refractivity contribution in [3.8, 4) is 0 Å². The van der Waals surface area contributed by atoms with Crippen molar-refractivity contribution in [2.24, 2.45) is 0 Å². The van der Waals surface area contributed by atoms with E-state index in [-0.39, 0.29) is 10.3 Å². The maximum atomic E-state index is 10.8. The highest BCUT2D eigenvalue weighted by molar-refractivity contribution is 8.11. The third kappa shape index (κ3) is 3.32. The lowest BCUT2D eigenvalue weighted by molar-refractivity contribution is 0.596. The van der Waals surface area contributed by atoms with E-state index in [0.29, 0.717) is 0 Å². The van der Waals surface area contributed by atoms with Gasteiger partial charge in [0.15, 0.2) is 0 Å². The largest absolute Gasteiger partial charge is 0.284 e. The van der Waals surface area contributed by atoms with Crippen LogP contribution >= 0.6 is 51.5 Å². The Hall–Kier alpha value is 0.870. The van der Waals surface area contributed by atoms with Gasteiger partial charge in [0.25, 0.3) is 5.85 Å². The second kappa shape index (κ2) is 4.04. The van der Waals surface area contributed by atoms with E-state index in [1.54, 1.807) is 0 Å². The van der Waals surface area contributed by atoms with Crippen LogP contribution in [-0.2, 0) is 4.57 Å². The molecule has 0 N–H and O–H groups in total. The smallest absolute Gasteiger partial charge is 0.282 e. The Kier molecular flexibility index (Phi) is 4.39. The van der Waals surface area contributed by atoms with Gasteiger partial charge in [-0.2, -0.15) is 0 Å². The van der Waals surface area contributed by atoms with Gasteiger partial charge in [0, 0.05) is 5.54 Å². The fourth-order valence-electron chi connectivity index (χ4n) is 0.187. The molecule has 0 saturated heterocycles. The van der Waals surface area contributed by atoms with Crippen molar-refractivity contribution in [2.45, 2.75) is 0 Å². The van der Waals surface area contributed by atoms with Gasteiger partial charge in [0.1, 0.15) is 0 Å². The maximum absolute atomic E-state index is 10.8. The van der Waals surface area contributed by atoms with Crippen molar-refractivity contribution in [3.05, 3.63) is 22.5 Å². The number of hydrogen-bond donors (Lipinski definition) is 0. The van der Waals surface area contributed by atoms with E-state index in [1.807, 2.05) is 0 Å². The molecule has 0 bridgehead atoms. The first-order valence-corrected chi connectivity index (χ1v) is 6.37. The summed E-state index contributed by atoms with van der Waals surface area (Å²) in [6.45, 7) is 3.29. The van der Waals surface area contributed by atoms with Crippen LogP contribution in [0.15, 0.2) is 22.5 Å². The van der Waals surface area contributed by atoms with E-state index in [0.717, 1.165) is 5.54 Å². The molecule has 6 heteroatoms. The van der Waals surface area contributed by atoms with Gasteiger partial charge in [0.05, 0.1) is 10.3 Å². The van der Waals surface area contributed by atoms with Crippen LogP contribution < -0.4 is 0 Å². The van der Waals surface area contributed by atoms with Crippen LogP contribution in [0.4, 0.5) is 0 Å². The highest BCUT2D eigenvalue weighted by Gasteiger charge is 2.20. The molecule has 0 aromatic rings. The zero-order chi connectivity index (χ0) is 8.36. The van der Waals surface area contributed by atoms with Gasteiger partial charge in [-0.15, -0.1) is 0 Å². The minimum Gasteiger partial charge on any atom is -0.284 e. The molecular formula is C4H3Cl4OP. The lowest BCUT2D eigenvalue weighted by Crippen LogP contribution is -1.71. The highest BCUT2D eigenvalue weighted by Crippen LogP contribution is 2.65. The van der Waals surface area contributed by atoms with Crippen LogP contribution in [0.2, 0.25) is 0 Å². The average Bonchev–Trinajstić information content (AvgIpc) is 1.83. The first-order valence-electron chi connectivity index (χ1n) is 2.04. The third-order valence-corrected chi connectivity index (χ3v) is 3.58. The molecule has 1 nitrogen and oxygen atoms in total. The molecule has 0 aliphatic rings. The minimum atomic E-state index is -3.36. The fraction of sp³-hybridized carbons (Fsp3) is 0. The molecule has 0 radical (unpaired) electrons. The van der Waals surface area contributed by atoms with Gasteiger partial charge >= 0.3 is 0 Å². The summed E-state index contributed by atoms with van der Waals surface area (Å²) in [6.07, 6.45) is 0. The number of rotatable bonds is 2. The number of allylic oxidation sites excluding steroid dienone is 2. The summed E-state index contributed by atoms with van der Waals surface area (Å²) in [5.74, 6) is -3.36. The molecule has 0 spiro atoms. The first kappa shape index (κ1) is 10.9. The second-order valence-corrected chi connectivity index (χ2v) is 6.83. The topological polar surface area (TPSA) is 17.1 Å². The maximum Gasteiger partial charge on any atom is 0.282 e. The van der Waals surface area contributed by atoms with Crippen molar-refractivity contribution < 1.29 is 4.57 Å². The summed E-state index contributed by atoms with van der Waals surface area (Å²) < 4.78 is 10.8. The Morgan fingerprint density at radius 1 is 1.50 bits per heavy atom. The predicted molar refractivity (Wildman–Crippen MR) is 48.2 cm³/mol. The SMILES string of the molecule is C=C(/C(Cl)=C\Cl)P(=O)(Cl)Cl. The molecule has 0 unspecified atom stereocenters. The van der Waals surface area contributed by atoms with Crippen molar-refractivity contribution in [2.75, 3.05) is 0 Å².